The van der Waals surface area contributed by atoms with Crippen molar-refractivity contribution < 1.29 is 28.6 Å². The Morgan fingerprint density at radius 2 is 0.470 bits per heavy atom. The summed E-state index contributed by atoms with van der Waals surface area (Å²) in [5.41, 5.74) is 0. The average Bonchev–Trinajstić information content (AvgIpc) is 3.49. The molecular formula is C77H130O6. The summed E-state index contributed by atoms with van der Waals surface area (Å²) in [4.78, 5) is 38.5. The molecule has 0 saturated carbocycles. The average molecular weight is 1150 g/mol. The molecule has 0 spiro atoms. The SMILES string of the molecule is CC/C=C\C/C=C\C/C=C\C/C=C\CCCCCCCCCCCCCCCCCCC(=O)OCC(COC(=O)CCCCCCCCC/C=C\C/C=C\CCCCC)OC(=O)CCCCCCCC/C=C\C/C=C\C/C=C\C/C=C\CC. The second-order valence-corrected chi connectivity index (χ2v) is 23.0. The number of hydrogen-bond acceptors (Lipinski definition) is 6. The first kappa shape index (κ1) is 78.8. The maximum absolute atomic E-state index is 13.0. The van der Waals surface area contributed by atoms with E-state index >= 15 is 0 Å². The van der Waals surface area contributed by atoms with Gasteiger partial charge >= 0.3 is 17.9 Å². The molecule has 0 saturated heterocycles. The van der Waals surface area contributed by atoms with Crippen molar-refractivity contribution in [2.75, 3.05) is 13.2 Å². The van der Waals surface area contributed by atoms with E-state index in [9.17, 15) is 14.4 Å². The third-order valence-corrected chi connectivity index (χ3v) is 14.9. The van der Waals surface area contributed by atoms with Gasteiger partial charge in [0.2, 0.25) is 0 Å². The van der Waals surface area contributed by atoms with E-state index in [0.717, 1.165) is 135 Å². The van der Waals surface area contributed by atoms with Crippen molar-refractivity contribution in [3.8, 4) is 0 Å². The number of unbranched alkanes of at least 4 members (excludes halogenated alkanes) is 32. The summed E-state index contributed by atoms with van der Waals surface area (Å²) in [5.74, 6) is -0.897. The van der Waals surface area contributed by atoms with Gasteiger partial charge in [-0.05, 0) is 128 Å². The standard InChI is InChI=1S/C77H130O6/c1-4-7-10-13-16-19-22-25-28-31-33-34-35-36-37-38-39-40-41-42-44-46-49-52-55-58-61-64-67-70-76(79)82-73-74(72-81-75(78)69-66-63-60-57-54-51-48-45-30-27-24-21-18-15-12-9-6-3)83-77(80)71-68-65-62-59-56-53-50-47-43-32-29-26-23-20-17-14-11-8-5-2/h7-8,10-11,16-21,25-30,33-34,43,47,74H,4-6,9,12-15,22-24,31-32,35-42,44-46,48-73H2,1-3H3/b10-7-,11-8-,19-16-,20-17-,21-18-,28-25-,29-26-,30-27-,34-33-,47-43-. The van der Waals surface area contributed by atoms with Gasteiger partial charge in [-0.2, -0.15) is 0 Å². The molecule has 0 bridgehead atoms. The quantitative estimate of drug-likeness (QED) is 0.0261. The van der Waals surface area contributed by atoms with Crippen LogP contribution in [0.15, 0.2) is 122 Å². The van der Waals surface area contributed by atoms with Gasteiger partial charge in [0.25, 0.3) is 0 Å². The molecule has 0 fully saturated rings. The van der Waals surface area contributed by atoms with Crippen molar-refractivity contribution in [2.45, 2.75) is 335 Å². The van der Waals surface area contributed by atoms with Gasteiger partial charge < -0.3 is 14.2 Å². The van der Waals surface area contributed by atoms with E-state index in [1.54, 1.807) is 0 Å². The highest BCUT2D eigenvalue weighted by Crippen LogP contribution is 2.17. The zero-order valence-corrected chi connectivity index (χ0v) is 54.4. The lowest BCUT2D eigenvalue weighted by Crippen LogP contribution is -2.30. The van der Waals surface area contributed by atoms with Crippen LogP contribution in [0.1, 0.15) is 329 Å². The molecule has 0 aliphatic heterocycles. The molecule has 1 unspecified atom stereocenters. The summed E-state index contributed by atoms with van der Waals surface area (Å²) in [6.45, 7) is 6.40. The van der Waals surface area contributed by atoms with Crippen molar-refractivity contribution >= 4 is 17.9 Å². The Morgan fingerprint density at radius 1 is 0.253 bits per heavy atom. The molecule has 0 aromatic heterocycles. The molecule has 6 heteroatoms. The van der Waals surface area contributed by atoms with E-state index in [1.807, 2.05) is 0 Å². The maximum atomic E-state index is 13.0. The summed E-state index contributed by atoms with van der Waals surface area (Å²) < 4.78 is 17.0. The van der Waals surface area contributed by atoms with Crippen LogP contribution >= 0.6 is 0 Å². The Morgan fingerprint density at radius 3 is 0.735 bits per heavy atom. The molecule has 0 N–H and O–H groups in total. The number of carbonyl (C=O) groups is 3. The van der Waals surface area contributed by atoms with Crippen LogP contribution < -0.4 is 0 Å². The molecular weight excluding hydrogens is 1020 g/mol. The predicted molar refractivity (Wildman–Crippen MR) is 362 cm³/mol. The molecule has 0 heterocycles. The Bertz CT molecular complexity index is 1700. The van der Waals surface area contributed by atoms with Gasteiger partial charge in [0.1, 0.15) is 13.2 Å². The fourth-order valence-electron chi connectivity index (χ4n) is 9.75. The highest BCUT2D eigenvalue weighted by atomic mass is 16.6. The van der Waals surface area contributed by atoms with Crippen molar-refractivity contribution in [3.05, 3.63) is 122 Å². The van der Waals surface area contributed by atoms with Crippen molar-refractivity contribution in [1.29, 1.82) is 0 Å². The lowest BCUT2D eigenvalue weighted by atomic mass is 10.0. The number of esters is 3. The molecule has 0 amide bonds. The minimum absolute atomic E-state index is 0.0865. The molecule has 0 radical (unpaired) electrons. The Balaban J connectivity index is 4.32. The molecule has 0 aliphatic carbocycles. The van der Waals surface area contributed by atoms with Crippen LogP contribution in [0.3, 0.4) is 0 Å². The number of allylic oxidation sites excluding steroid dienone is 20. The first-order valence-corrected chi connectivity index (χ1v) is 35.0. The fourth-order valence-corrected chi connectivity index (χ4v) is 9.75. The highest BCUT2D eigenvalue weighted by Gasteiger charge is 2.19. The summed E-state index contributed by atoms with van der Waals surface area (Å²) in [7, 11) is 0. The second-order valence-electron chi connectivity index (χ2n) is 23.0. The van der Waals surface area contributed by atoms with Gasteiger partial charge in [-0.25, -0.2) is 0 Å². The lowest BCUT2D eigenvalue weighted by Gasteiger charge is -2.18. The molecule has 6 nitrogen and oxygen atoms in total. The Kier molecular flexibility index (Phi) is 66.7. The number of rotatable bonds is 63. The van der Waals surface area contributed by atoms with Gasteiger partial charge in [-0.1, -0.05) is 303 Å². The maximum Gasteiger partial charge on any atom is 0.306 e. The van der Waals surface area contributed by atoms with Crippen LogP contribution in [0, 0.1) is 0 Å². The summed E-state index contributed by atoms with van der Waals surface area (Å²) in [6.07, 6.45) is 97.9. The largest absolute Gasteiger partial charge is 0.462 e. The van der Waals surface area contributed by atoms with Crippen LogP contribution in [-0.4, -0.2) is 37.2 Å². The third kappa shape index (κ3) is 68.5. The van der Waals surface area contributed by atoms with Gasteiger partial charge in [0, 0.05) is 19.3 Å². The lowest BCUT2D eigenvalue weighted by molar-refractivity contribution is -0.167. The van der Waals surface area contributed by atoms with Gasteiger partial charge in [-0.15, -0.1) is 0 Å². The topological polar surface area (TPSA) is 78.9 Å². The van der Waals surface area contributed by atoms with E-state index in [4.69, 9.17) is 14.2 Å². The number of hydrogen-bond donors (Lipinski definition) is 0. The smallest absolute Gasteiger partial charge is 0.306 e. The van der Waals surface area contributed by atoms with Gasteiger partial charge in [0.15, 0.2) is 6.10 Å². The van der Waals surface area contributed by atoms with E-state index in [2.05, 4.69) is 142 Å². The summed E-state index contributed by atoms with van der Waals surface area (Å²) >= 11 is 0. The van der Waals surface area contributed by atoms with Crippen molar-refractivity contribution in [1.82, 2.24) is 0 Å². The monoisotopic (exact) mass is 1150 g/mol. The van der Waals surface area contributed by atoms with Gasteiger partial charge in [-0.3, -0.25) is 14.4 Å². The van der Waals surface area contributed by atoms with Crippen LogP contribution in [0.2, 0.25) is 0 Å². The second kappa shape index (κ2) is 70.3. The zero-order valence-electron chi connectivity index (χ0n) is 54.4. The minimum atomic E-state index is -0.793. The third-order valence-electron chi connectivity index (χ3n) is 14.9. The summed E-state index contributed by atoms with van der Waals surface area (Å²) in [5, 5.41) is 0. The van der Waals surface area contributed by atoms with Crippen LogP contribution in [-0.2, 0) is 28.6 Å². The Hall–Kier alpha value is -4.19. The molecule has 474 valence electrons. The van der Waals surface area contributed by atoms with E-state index in [-0.39, 0.29) is 31.1 Å². The van der Waals surface area contributed by atoms with Crippen molar-refractivity contribution in [3.63, 3.8) is 0 Å². The van der Waals surface area contributed by atoms with Crippen LogP contribution in [0.4, 0.5) is 0 Å². The molecule has 0 aromatic carbocycles. The van der Waals surface area contributed by atoms with E-state index < -0.39 is 6.10 Å². The first-order chi connectivity index (χ1) is 41.0. The predicted octanol–water partition coefficient (Wildman–Crippen LogP) is 24.3. The number of ether oxygens (including phenoxy) is 3. The summed E-state index contributed by atoms with van der Waals surface area (Å²) in [6, 6.07) is 0. The minimum Gasteiger partial charge on any atom is -0.462 e. The van der Waals surface area contributed by atoms with E-state index in [0.29, 0.717) is 19.3 Å². The molecule has 1 atom stereocenters. The van der Waals surface area contributed by atoms with Crippen molar-refractivity contribution in [2.24, 2.45) is 0 Å². The highest BCUT2D eigenvalue weighted by molar-refractivity contribution is 5.71. The number of carbonyl (C=O) groups excluding carboxylic acids is 3. The molecule has 0 aliphatic rings. The molecule has 0 aromatic rings. The Labute approximate surface area is 513 Å². The van der Waals surface area contributed by atoms with Crippen LogP contribution in [0.25, 0.3) is 0 Å². The fraction of sp³-hybridized carbons (Fsp3) is 0.701. The zero-order chi connectivity index (χ0) is 59.9. The van der Waals surface area contributed by atoms with E-state index in [1.165, 1.54) is 154 Å². The van der Waals surface area contributed by atoms with Crippen LogP contribution in [0.5, 0.6) is 0 Å². The van der Waals surface area contributed by atoms with Gasteiger partial charge in [0.05, 0.1) is 0 Å². The molecule has 83 heavy (non-hydrogen) atoms. The first-order valence-electron chi connectivity index (χ1n) is 35.0. The normalized spacial score (nSPS) is 12.9. The molecule has 0 rings (SSSR count).